The van der Waals surface area contributed by atoms with E-state index in [-0.39, 0.29) is 11.5 Å². The van der Waals surface area contributed by atoms with E-state index in [2.05, 4.69) is 0 Å². The van der Waals surface area contributed by atoms with E-state index in [1.165, 1.54) is 24.3 Å². The number of nitrogens with zero attached hydrogens (tertiary/aromatic N) is 2. The van der Waals surface area contributed by atoms with E-state index in [1.807, 2.05) is 22.9 Å². The molecule has 0 amide bonds. The summed E-state index contributed by atoms with van der Waals surface area (Å²) in [5, 5.41) is 11.8. The number of rotatable bonds is 3. The summed E-state index contributed by atoms with van der Waals surface area (Å²) < 4.78 is 15.1. The van der Waals surface area contributed by atoms with Crippen LogP contribution < -0.4 is 0 Å². The Bertz CT molecular complexity index is 795. The monoisotopic (exact) mass is 270 g/mol. The van der Waals surface area contributed by atoms with E-state index in [0.29, 0.717) is 6.54 Å². The van der Waals surface area contributed by atoms with Gasteiger partial charge in [0, 0.05) is 30.3 Å². The largest absolute Gasteiger partial charge is 0.343 e. The molecule has 0 aliphatic rings. The molecule has 5 heteroatoms. The maximum Gasteiger partial charge on any atom is 0.271 e. The second-order valence-corrected chi connectivity index (χ2v) is 4.57. The first kappa shape index (κ1) is 12.3. The second-order valence-electron chi connectivity index (χ2n) is 4.57. The zero-order chi connectivity index (χ0) is 14.1. The van der Waals surface area contributed by atoms with E-state index < -0.39 is 4.92 Å². The Kier molecular flexibility index (Phi) is 2.95. The fourth-order valence-corrected chi connectivity index (χ4v) is 2.26. The van der Waals surface area contributed by atoms with Crippen molar-refractivity contribution in [1.82, 2.24) is 4.57 Å². The highest BCUT2D eigenvalue weighted by Crippen LogP contribution is 2.22. The quantitative estimate of drug-likeness (QED) is 0.537. The molecule has 0 unspecified atom stereocenters. The number of aromatic nitrogens is 1. The first-order valence-electron chi connectivity index (χ1n) is 6.11. The summed E-state index contributed by atoms with van der Waals surface area (Å²) in [6.45, 7) is 0.475. The van der Waals surface area contributed by atoms with Gasteiger partial charge in [-0.1, -0.05) is 12.1 Å². The van der Waals surface area contributed by atoms with Gasteiger partial charge in [0.05, 0.1) is 10.4 Å². The van der Waals surface area contributed by atoms with Crippen molar-refractivity contribution in [1.29, 1.82) is 0 Å². The van der Waals surface area contributed by atoms with E-state index in [1.54, 1.807) is 12.1 Å². The molecule has 0 N–H and O–H groups in total. The molecule has 1 aromatic heterocycles. The molecule has 0 spiro atoms. The molecule has 4 nitrogen and oxygen atoms in total. The number of nitro groups is 1. The standard InChI is InChI=1S/C15H11FN2O2/c16-13-3-1-2-11(8-13)10-17-7-6-12-4-5-14(18(19)20)9-15(12)17/h1-9H,10H2. The van der Waals surface area contributed by atoms with Gasteiger partial charge in [-0.3, -0.25) is 10.1 Å². The third-order valence-corrected chi connectivity index (χ3v) is 3.21. The molecule has 0 radical (unpaired) electrons. The molecule has 0 saturated heterocycles. The number of hydrogen-bond acceptors (Lipinski definition) is 2. The van der Waals surface area contributed by atoms with Crippen molar-refractivity contribution in [2.75, 3.05) is 0 Å². The van der Waals surface area contributed by atoms with Crippen molar-refractivity contribution in [2.24, 2.45) is 0 Å². The molecule has 0 saturated carbocycles. The van der Waals surface area contributed by atoms with E-state index >= 15 is 0 Å². The van der Waals surface area contributed by atoms with Crippen LogP contribution in [0.2, 0.25) is 0 Å². The van der Waals surface area contributed by atoms with Gasteiger partial charge >= 0.3 is 0 Å². The zero-order valence-electron chi connectivity index (χ0n) is 10.5. The minimum atomic E-state index is -0.418. The van der Waals surface area contributed by atoms with Crippen molar-refractivity contribution in [3.05, 3.63) is 76.2 Å². The van der Waals surface area contributed by atoms with Gasteiger partial charge in [0.25, 0.3) is 5.69 Å². The number of hydrogen-bond donors (Lipinski definition) is 0. The Hall–Kier alpha value is -2.69. The van der Waals surface area contributed by atoms with Crippen molar-refractivity contribution in [3.63, 3.8) is 0 Å². The van der Waals surface area contributed by atoms with Gasteiger partial charge in [0.15, 0.2) is 0 Å². The number of non-ortho nitro benzene ring substituents is 1. The molecule has 0 atom stereocenters. The Morgan fingerprint density at radius 1 is 1.15 bits per heavy atom. The summed E-state index contributed by atoms with van der Waals surface area (Å²) in [5.74, 6) is -0.287. The lowest BCUT2D eigenvalue weighted by Gasteiger charge is -2.06. The molecule has 3 aromatic rings. The topological polar surface area (TPSA) is 48.1 Å². The molecule has 1 heterocycles. The smallest absolute Gasteiger partial charge is 0.271 e. The van der Waals surface area contributed by atoms with Crippen molar-refractivity contribution in [2.45, 2.75) is 6.54 Å². The molecule has 0 aliphatic heterocycles. The number of halogens is 1. The van der Waals surface area contributed by atoms with Crippen LogP contribution >= 0.6 is 0 Å². The summed E-state index contributed by atoms with van der Waals surface area (Å²) in [5.41, 5.74) is 1.63. The first-order valence-corrected chi connectivity index (χ1v) is 6.11. The summed E-state index contributed by atoms with van der Waals surface area (Å²) in [6.07, 6.45) is 1.85. The zero-order valence-corrected chi connectivity index (χ0v) is 10.5. The average molecular weight is 270 g/mol. The molecule has 3 rings (SSSR count). The lowest BCUT2D eigenvalue weighted by molar-refractivity contribution is -0.384. The Morgan fingerprint density at radius 3 is 2.75 bits per heavy atom. The normalized spacial score (nSPS) is 10.8. The van der Waals surface area contributed by atoms with Crippen LogP contribution in [0.1, 0.15) is 5.56 Å². The molecule has 100 valence electrons. The van der Waals surface area contributed by atoms with Gasteiger partial charge in [-0.2, -0.15) is 0 Å². The number of fused-ring (bicyclic) bond motifs is 1. The van der Waals surface area contributed by atoms with Crippen LogP contribution in [0.4, 0.5) is 10.1 Å². The van der Waals surface area contributed by atoms with Crippen LogP contribution in [0.15, 0.2) is 54.7 Å². The van der Waals surface area contributed by atoms with Gasteiger partial charge in [0.2, 0.25) is 0 Å². The number of benzene rings is 2. The van der Waals surface area contributed by atoms with Crippen LogP contribution in [0.3, 0.4) is 0 Å². The van der Waals surface area contributed by atoms with Crippen molar-refractivity contribution >= 4 is 16.6 Å². The van der Waals surface area contributed by atoms with E-state index in [9.17, 15) is 14.5 Å². The Balaban J connectivity index is 2.03. The van der Waals surface area contributed by atoms with Gasteiger partial charge in [-0.05, 0) is 29.8 Å². The van der Waals surface area contributed by atoms with E-state index in [4.69, 9.17) is 0 Å². The highest BCUT2D eigenvalue weighted by atomic mass is 19.1. The predicted molar refractivity (Wildman–Crippen MR) is 74.1 cm³/mol. The molecule has 20 heavy (non-hydrogen) atoms. The van der Waals surface area contributed by atoms with Gasteiger partial charge in [-0.25, -0.2) is 4.39 Å². The highest BCUT2D eigenvalue weighted by molar-refractivity contribution is 5.82. The SMILES string of the molecule is O=[N+]([O-])c1ccc2ccn(Cc3cccc(F)c3)c2c1. The maximum atomic E-state index is 13.2. The van der Waals surface area contributed by atoms with Crippen LogP contribution in [0, 0.1) is 15.9 Å². The molecular weight excluding hydrogens is 259 g/mol. The summed E-state index contributed by atoms with van der Waals surface area (Å²) >= 11 is 0. The van der Waals surface area contributed by atoms with Gasteiger partial charge in [-0.15, -0.1) is 0 Å². The third-order valence-electron chi connectivity index (χ3n) is 3.21. The highest BCUT2D eigenvalue weighted by Gasteiger charge is 2.09. The van der Waals surface area contributed by atoms with Gasteiger partial charge in [0.1, 0.15) is 5.82 Å². The lowest BCUT2D eigenvalue weighted by Crippen LogP contribution is -1.98. The van der Waals surface area contributed by atoms with Crippen LogP contribution in [0.5, 0.6) is 0 Å². The summed E-state index contributed by atoms with van der Waals surface area (Å²) in [7, 11) is 0. The van der Waals surface area contributed by atoms with Crippen LogP contribution in [-0.2, 0) is 6.54 Å². The van der Waals surface area contributed by atoms with E-state index in [0.717, 1.165) is 16.5 Å². The second kappa shape index (κ2) is 4.77. The number of nitro benzene ring substituents is 1. The molecular formula is C15H11FN2O2. The van der Waals surface area contributed by atoms with Crippen LogP contribution in [-0.4, -0.2) is 9.49 Å². The minimum Gasteiger partial charge on any atom is -0.343 e. The molecule has 0 bridgehead atoms. The van der Waals surface area contributed by atoms with Gasteiger partial charge < -0.3 is 4.57 Å². The third kappa shape index (κ3) is 2.25. The lowest BCUT2D eigenvalue weighted by atomic mass is 10.2. The Morgan fingerprint density at radius 2 is 2.00 bits per heavy atom. The average Bonchev–Trinajstić information content (AvgIpc) is 2.81. The maximum absolute atomic E-state index is 13.2. The Labute approximate surface area is 114 Å². The molecule has 0 aliphatic carbocycles. The van der Waals surface area contributed by atoms with Crippen molar-refractivity contribution < 1.29 is 9.31 Å². The molecule has 0 fully saturated rings. The minimum absolute atomic E-state index is 0.0525. The summed E-state index contributed by atoms with van der Waals surface area (Å²) in [6, 6.07) is 13.0. The van der Waals surface area contributed by atoms with Crippen molar-refractivity contribution in [3.8, 4) is 0 Å². The fourth-order valence-electron chi connectivity index (χ4n) is 2.26. The summed E-state index contributed by atoms with van der Waals surface area (Å²) in [4.78, 5) is 10.4. The molecule has 2 aromatic carbocycles. The first-order chi connectivity index (χ1) is 9.63. The fraction of sp³-hybridized carbons (Fsp3) is 0.0667. The predicted octanol–water partition coefficient (Wildman–Crippen LogP) is 3.74. The van der Waals surface area contributed by atoms with Crippen LogP contribution in [0.25, 0.3) is 10.9 Å².